The molecule has 6 heteroatoms. The van der Waals surface area contributed by atoms with Crippen molar-refractivity contribution in [2.75, 3.05) is 19.8 Å². The first-order chi connectivity index (χ1) is 9.06. The van der Waals surface area contributed by atoms with E-state index in [9.17, 15) is 18.0 Å². The molecule has 2 atom stereocenters. The van der Waals surface area contributed by atoms with Crippen molar-refractivity contribution in [1.82, 2.24) is 5.32 Å². The maximum Gasteiger partial charge on any atom is 0.195 e. The molecule has 104 valence electrons. The van der Waals surface area contributed by atoms with E-state index in [0.29, 0.717) is 13.2 Å². The van der Waals surface area contributed by atoms with Crippen molar-refractivity contribution in [3.05, 3.63) is 35.1 Å². The molecule has 1 aliphatic rings. The van der Waals surface area contributed by atoms with Crippen molar-refractivity contribution < 1.29 is 22.7 Å². The highest BCUT2D eigenvalue weighted by Crippen LogP contribution is 2.23. The quantitative estimate of drug-likeness (QED) is 0.672. The zero-order valence-electron chi connectivity index (χ0n) is 10.4. The molecule has 1 aromatic carbocycles. The number of Topliss-reactive ketones (excluding diaryl/α,β-unsaturated/α-hetero) is 1. The predicted octanol–water partition coefficient (Wildman–Crippen LogP) is 1.91. The van der Waals surface area contributed by atoms with Gasteiger partial charge in [-0.2, -0.15) is 0 Å². The maximum atomic E-state index is 13.6. The van der Waals surface area contributed by atoms with Crippen LogP contribution in [-0.4, -0.2) is 31.6 Å². The summed E-state index contributed by atoms with van der Waals surface area (Å²) in [7, 11) is 0. The Morgan fingerprint density at radius 2 is 2.05 bits per heavy atom. The van der Waals surface area contributed by atoms with E-state index in [-0.39, 0.29) is 12.6 Å². The molecule has 0 amide bonds. The van der Waals surface area contributed by atoms with Gasteiger partial charge in [0.1, 0.15) is 0 Å². The molecule has 1 saturated heterocycles. The number of benzene rings is 1. The highest BCUT2D eigenvalue weighted by molar-refractivity contribution is 5.98. The van der Waals surface area contributed by atoms with Crippen LogP contribution in [0.1, 0.15) is 17.3 Å². The van der Waals surface area contributed by atoms with Crippen molar-refractivity contribution in [3.8, 4) is 0 Å². The van der Waals surface area contributed by atoms with Crippen LogP contribution < -0.4 is 5.32 Å². The summed E-state index contributed by atoms with van der Waals surface area (Å²) in [4.78, 5) is 12.2. The number of carbonyl (C=O) groups is 1. The van der Waals surface area contributed by atoms with Crippen LogP contribution in [0.2, 0.25) is 0 Å². The lowest BCUT2D eigenvalue weighted by Gasteiger charge is -2.17. The van der Waals surface area contributed by atoms with Crippen LogP contribution in [0.15, 0.2) is 12.1 Å². The minimum atomic E-state index is -1.62. The Labute approximate surface area is 108 Å². The van der Waals surface area contributed by atoms with Crippen molar-refractivity contribution in [1.29, 1.82) is 0 Å². The molecule has 0 aliphatic carbocycles. The van der Waals surface area contributed by atoms with Crippen LogP contribution in [-0.2, 0) is 4.74 Å². The van der Waals surface area contributed by atoms with Crippen LogP contribution in [0, 0.1) is 23.4 Å². The topological polar surface area (TPSA) is 38.3 Å². The zero-order chi connectivity index (χ0) is 14.0. The van der Waals surface area contributed by atoms with E-state index in [1.54, 1.807) is 0 Å². The second-order valence-electron chi connectivity index (χ2n) is 4.40. The highest BCUT2D eigenvalue weighted by atomic mass is 19.2. The predicted molar refractivity (Wildman–Crippen MR) is 62.4 cm³/mol. The zero-order valence-corrected chi connectivity index (χ0v) is 10.4. The first-order valence-corrected chi connectivity index (χ1v) is 6.05. The molecule has 0 radical (unpaired) electrons. The molecule has 0 aromatic heterocycles. The number of ketones is 1. The number of hydrogen-bond acceptors (Lipinski definition) is 3. The Hall–Kier alpha value is -1.40. The Morgan fingerprint density at radius 3 is 2.74 bits per heavy atom. The third-order valence-electron chi connectivity index (χ3n) is 3.18. The molecular formula is C13H14F3NO2. The number of likely N-dealkylation sites (N-methyl/N-ethyl adjacent to an activating group) is 1. The summed E-state index contributed by atoms with van der Waals surface area (Å²) in [5.74, 6) is -5.52. The lowest BCUT2D eigenvalue weighted by molar-refractivity contribution is 0.0886. The molecule has 2 unspecified atom stereocenters. The SMILES string of the molecule is CCNC1COCC1C(=O)c1ccc(F)c(F)c1F. The summed E-state index contributed by atoms with van der Waals surface area (Å²) in [6.07, 6.45) is 0. The van der Waals surface area contributed by atoms with Crippen molar-refractivity contribution in [3.63, 3.8) is 0 Å². The van der Waals surface area contributed by atoms with Gasteiger partial charge in [-0.15, -0.1) is 0 Å². The van der Waals surface area contributed by atoms with E-state index in [2.05, 4.69) is 5.32 Å². The molecule has 1 N–H and O–H groups in total. The number of ether oxygens (including phenoxy) is 1. The number of halogens is 3. The average molecular weight is 273 g/mol. The summed E-state index contributed by atoms with van der Waals surface area (Å²) in [5, 5.41) is 3.05. The van der Waals surface area contributed by atoms with Gasteiger partial charge in [-0.3, -0.25) is 4.79 Å². The third kappa shape index (κ3) is 2.64. The molecule has 1 aromatic rings. The summed E-state index contributed by atoms with van der Waals surface area (Å²) in [5.41, 5.74) is -0.433. The van der Waals surface area contributed by atoms with Gasteiger partial charge in [0.25, 0.3) is 0 Å². The second-order valence-corrected chi connectivity index (χ2v) is 4.40. The average Bonchev–Trinajstić information content (AvgIpc) is 2.84. The van der Waals surface area contributed by atoms with Gasteiger partial charge in [0, 0.05) is 6.04 Å². The fourth-order valence-electron chi connectivity index (χ4n) is 2.19. The molecule has 0 spiro atoms. The number of carbonyl (C=O) groups excluding carboxylic acids is 1. The van der Waals surface area contributed by atoms with Gasteiger partial charge in [-0.05, 0) is 18.7 Å². The Kier molecular flexibility index (Phi) is 4.21. The lowest BCUT2D eigenvalue weighted by Crippen LogP contribution is -2.39. The van der Waals surface area contributed by atoms with E-state index in [0.717, 1.165) is 12.1 Å². The van der Waals surface area contributed by atoms with Crippen LogP contribution in [0.4, 0.5) is 13.2 Å². The molecule has 1 aliphatic heterocycles. The minimum absolute atomic E-state index is 0.148. The Bertz CT molecular complexity index is 493. The Morgan fingerprint density at radius 1 is 1.32 bits per heavy atom. The standard InChI is InChI=1S/C13H14F3NO2/c1-2-17-10-6-19-5-8(10)13(18)7-3-4-9(14)12(16)11(7)15/h3-4,8,10,17H,2,5-6H2,1H3. The van der Waals surface area contributed by atoms with Crippen molar-refractivity contribution in [2.24, 2.45) is 5.92 Å². The first kappa shape index (κ1) is 14.0. The lowest BCUT2D eigenvalue weighted by atomic mass is 9.93. The van der Waals surface area contributed by atoms with Gasteiger partial charge in [0.15, 0.2) is 23.2 Å². The Balaban J connectivity index is 2.27. The normalized spacial score (nSPS) is 22.7. The van der Waals surface area contributed by atoms with Gasteiger partial charge < -0.3 is 10.1 Å². The maximum absolute atomic E-state index is 13.6. The largest absolute Gasteiger partial charge is 0.379 e. The second kappa shape index (κ2) is 5.71. The van der Waals surface area contributed by atoms with Gasteiger partial charge in [0.05, 0.1) is 24.7 Å². The fraction of sp³-hybridized carbons (Fsp3) is 0.462. The van der Waals surface area contributed by atoms with E-state index in [1.165, 1.54) is 0 Å². The fourth-order valence-corrected chi connectivity index (χ4v) is 2.19. The van der Waals surface area contributed by atoms with Gasteiger partial charge in [0.2, 0.25) is 0 Å². The molecule has 2 rings (SSSR count). The van der Waals surface area contributed by atoms with E-state index >= 15 is 0 Å². The molecule has 0 bridgehead atoms. The van der Waals surface area contributed by atoms with E-state index < -0.39 is 34.7 Å². The van der Waals surface area contributed by atoms with Crippen LogP contribution >= 0.6 is 0 Å². The van der Waals surface area contributed by atoms with E-state index in [4.69, 9.17) is 4.74 Å². The summed E-state index contributed by atoms with van der Waals surface area (Å²) in [6.45, 7) is 3.00. The summed E-state index contributed by atoms with van der Waals surface area (Å²) < 4.78 is 44.7. The first-order valence-electron chi connectivity index (χ1n) is 6.05. The molecular weight excluding hydrogens is 259 g/mol. The van der Waals surface area contributed by atoms with E-state index in [1.807, 2.05) is 6.92 Å². The van der Waals surface area contributed by atoms with Crippen LogP contribution in [0.3, 0.4) is 0 Å². The van der Waals surface area contributed by atoms with Gasteiger partial charge in [-0.1, -0.05) is 6.92 Å². The monoisotopic (exact) mass is 273 g/mol. The molecule has 3 nitrogen and oxygen atoms in total. The molecule has 19 heavy (non-hydrogen) atoms. The molecule has 1 heterocycles. The highest BCUT2D eigenvalue weighted by Gasteiger charge is 2.35. The van der Waals surface area contributed by atoms with Crippen LogP contribution in [0.25, 0.3) is 0 Å². The van der Waals surface area contributed by atoms with Crippen LogP contribution in [0.5, 0.6) is 0 Å². The number of nitrogens with one attached hydrogen (secondary N) is 1. The van der Waals surface area contributed by atoms with Gasteiger partial charge in [-0.25, -0.2) is 13.2 Å². The number of rotatable bonds is 4. The summed E-state index contributed by atoms with van der Waals surface area (Å²) >= 11 is 0. The smallest absolute Gasteiger partial charge is 0.195 e. The van der Waals surface area contributed by atoms with Crippen molar-refractivity contribution >= 4 is 5.78 Å². The number of hydrogen-bond donors (Lipinski definition) is 1. The molecule has 1 fully saturated rings. The molecule has 0 saturated carbocycles. The summed E-state index contributed by atoms with van der Waals surface area (Å²) in [6, 6.07) is 1.49. The van der Waals surface area contributed by atoms with Crippen molar-refractivity contribution in [2.45, 2.75) is 13.0 Å². The van der Waals surface area contributed by atoms with Gasteiger partial charge >= 0.3 is 0 Å². The third-order valence-corrected chi connectivity index (χ3v) is 3.18. The minimum Gasteiger partial charge on any atom is -0.379 e.